The Bertz CT molecular complexity index is 813. The summed E-state index contributed by atoms with van der Waals surface area (Å²) in [5.74, 6) is 0. The normalized spacial score (nSPS) is 22.8. The zero-order valence-electron chi connectivity index (χ0n) is 16.3. The van der Waals surface area contributed by atoms with Crippen molar-refractivity contribution in [1.82, 2.24) is 10.2 Å². The van der Waals surface area contributed by atoms with Crippen molar-refractivity contribution in [3.8, 4) is 0 Å². The van der Waals surface area contributed by atoms with Crippen molar-refractivity contribution in [2.75, 3.05) is 0 Å². The number of fused-ring (bicyclic) bond motifs is 2. The second kappa shape index (κ2) is 8.99. The highest BCUT2D eigenvalue weighted by atomic mass is 16.6. The molecule has 2 unspecified atom stereocenters. The fourth-order valence-electron chi connectivity index (χ4n) is 4.32. The maximum absolute atomic E-state index is 12.6. The summed E-state index contributed by atoms with van der Waals surface area (Å²) >= 11 is 0. The van der Waals surface area contributed by atoms with Gasteiger partial charge in [-0.05, 0) is 36.8 Å². The van der Waals surface area contributed by atoms with Gasteiger partial charge in [-0.15, -0.1) is 0 Å². The number of hydrogen-bond donors (Lipinski definition) is 1. The topological polar surface area (TPSA) is 67.9 Å². The fraction of sp³-hybridized carbons (Fsp3) is 0.391. The Morgan fingerprint density at radius 1 is 0.828 bits per heavy atom. The number of rotatable bonds is 5. The van der Waals surface area contributed by atoms with Crippen molar-refractivity contribution in [2.24, 2.45) is 0 Å². The summed E-state index contributed by atoms with van der Waals surface area (Å²) < 4.78 is 10.9. The second-order valence-corrected chi connectivity index (χ2v) is 7.71. The Labute approximate surface area is 170 Å². The third-order valence-electron chi connectivity index (χ3n) is 5.68. The Morgan fingerprint density at radius 2 is 1.34 bits per heavy atom. The lowest BCUT2D eigenvalue weighted by molar-refractivity contribution is 0.0569. The predicted octanol–water partition coefficient (Wildman–Crippen LogP) is 4.25. The van der Waals surface area contributed by atoms with E-state index < -0.39 is 6.09 Å². The van der Waals surface area contributed by atoms with Crippen molar-refractivity contribution in [1.29, 1.82) is 0 Å². The molecule has 2 bridgehead atoms. The minimum absolute atomic E-state index is 0.0222. The van der Waals surface area contributed by atoms with E-state index in [9.17, 15) is 9.59 Å². The van der Waals surface area contributed by atoms with Crippen molar-refractivity contribution >= 4 is 12.2 Å². The molecule has 0 aliphatic carbocycles. The smallest absolute Gasteiger partial charge is 0.410 e. The van der Waals surface area contributed by atoms with Crippen LogP contribution in [0.25, 0.3) is 0 Å². The fourth-order valence-corrected chi connectivity index (χ4v) is 4.32. The van der Waals surface area contributed by atoms with Gasteiger partial charge in [-0.3, -0.25) is 0 Å². The zero-order chi connectivity index (χ0) is 20.1. The Kier molecular flexibility index (Phi) is 5.98. The monoisotopic (exact) mass is 394 g/mol. The van der Waals surface area contributed by atoms with Crippen molar-refractivity contribution in [3.63, 3.8) is 0 Å². The first-order valence-electron chi connectivity index (χ1n) is 10.2. The van der Waals surface area contributed by atoms with E-state index in [1.54, 1.807) is 0 Å². The first-order valence-corrected chi connectivity index (χ1v) is 10.2. The van der Waals surface area contributed by atoms with Gasteiger partial charge >= 0.3 is 12.2 Å². The van der Waals surface area contributed by atoms with E-state index in [1.807, 2.05) is 65.6 Å². The summed E-state index contributed by atoms with van der Waals surface area (Å²) in [4.78, 5) is 26.6. The quantitative estimate of drug-likeness (QED) is 0.823. The van der Waals surface area contributed by atoms with Gasteiger partial charge < -0.3 is 19.7 Å². The predicted molar refractivity (Wildman–Crippen MR) is 108 cm³/mol. The summed E-state index contributed by atoms with van der Waals surface area (Å²) in [5, 5.41) is 2.97. The number of ether oxygens (including phenoxy) is 2. The number of nitrogens with one attached hydrogen (secondary N) is 1. The molecule has 29 heavy (non-hydrogen) atoms. The van der Waals surface area contributed by atoms with E-state index in [2.05, 4.69) is 5.32 Å². The Balaban J connectivity index is 1.25. The first-order chi connectivity index (χ1) is 14.2. The standard InChI is InChI=1S/C23H26N2O4/c26-22(28-15-17-7-3-1-4-8-17)24-19-13-20-11-12-21(14-19)25(20)23(27)29-16-18-9-5-2-6-10-18/h1-10,19-21H,11-16H2,(H,24,26). The molecule has 2 aromatic carbocycles. The average molecular weight is 394 g/mol. The molecule has 0 aromatic heterocycles. The molecule has 2 saturated heterocycles. The maximum Gasteiger partial charge on any atom is 0.410 e. The molecule has 6 heteroatoms. The van der Waals surface area contributed by atoms with Crippen LogP contribution in [0.4, 0.5) is 9.59 Å². The third-order valence-corrected chi connectivity index (χ3v) is 5.68. The molecule has 1 N–H and O–H groups in total. The van der Waals surface area contributed by atoms with E-state index in [-0.39, 0.29) is 37.4 Å². The van der Waals surface area contributed by atoms with Crippen LogP contribution in [0.15, 0.2) is 60.7 Å². The molecule has 4 rings (SSSR count). The number of benzene rings is 2. The highest BCUT2D eigenvalue weighted by molar-refractivity contribution is 5.70. The Hall–Kier alpha value is -3.02. The summed E-state index contributed by atoms with van der Waals surface area (Å²) in [7, 11) is 0. The molecule has 0 spiro atoms. The minimum atomic E-state index is -0.404. The number of amides is 2. The SMILES string of the molecule is O=C(NC1CC2CCC(C1)N2C(=O)OCc1ccccc1)OCc1ccccc1. The highest BCUT2D eigenvalue weighted by Crippen LogP contribution is 2.36. The van der Waals surface area contributed by atoms with Crippen LogP contribution in [-0.4, -0.2) is 35.2 Å². The van der Waals surface area contributed by atoms with Crippen LogP contribution >= 0.6 is 0 Å². The van der Waals surface area contributed by atoms with E-state index in [1.165, 1.54) is 0 Å². The molecule has 2 aromatic rings. The van der Waals surface area contributed by atoms with Gasteiger partial charge in [0.2, 0.25) is 0 Å². The van der Waals surface area contributed by atoms with Crippen LogP contribution in [0, 0.1) is 0 Å². The molecule has 2 atom stereocenters. The van der Waals surface area contributed by atoms with Gasteiger partial charge in [-0.2, -0.15) is 0 Å². The van der Waals surface area contributed by atoms with Gasteiger partial charge in [0, 0.05) is 18.1 Å². The van der Waals surface area contributed by atoms with Gasteiger partial charge in [0.25, 0.3) is 0 Å². The molecule has 152 valence electrons. The van der Waals surface area contributed by atoms with E-state index in [0.29, 0.717) is 0 Å². The molecule has 0 saturated carbocycles. The lowest BCUT2D eigenvalue weighted by Crippen LogP contribution is -2.52. The Morgan fingerprint density at radius 3 is 1.90 bits per heavy atom. The second-order valence-electron chi connectivity index (χ2n) is 7.71. The van der Waals surface area contributed by atoms with Crippen LogP contribution in [-0.2, 0) is 22.7 Å². The number of carbonyl (C=O) groups is 2. The summed E-state index contributed by atoms with van der Waals surface area (Å²) in [5.41, 5.74) is 1.93. The summed E-state index contributed by atoms with van der Waals surface area (Å²) in [6, 6.07) is 19.5. The molecule has 0 radical (unpaired) electrons. The van der Waals surface area contributed by atoms with Crippen molar-refractivity contribution in [3.05, 3.63) is 71.8 Å². The molecule has 2 amide bonds. The number of alkyl carbamates (subject to hydrolysis) is 1. The van der Waals surface area contributed by atoms with Gasteiger partial charge in [0.15, 0.2) is 0 Å². The number of piperidine rings is 1. The third kappa shape index (κ3) is 4.88. The molecule has 2 aliphatic heterocycles. The van der Waals surface area contributed by atoms with Crippen molar-refractivity contribution in [2.45, 2.75) is 57.0 Å². The highest BCUT2D eigenvalue weighted by Gasteiger charge is 2.44. The summed E-state index contributed by atoms with van der Waals surface area (Å²) in [6.07, 6.45) is 2.70. The van der Waals surface area contributed by atoms with Crippen LogP contribution in [0.2, 0.25) is 0 Å². The first kappa shape index (κ1) is 19.3. The molecule has 2 fully saturated rings. The van der Waals surface area contributed by atoms with Crippen LogP contribution in [0.3, 0.4) is 0 Å². The van der Waals surface area contributed by atoms with E-state index in [4.69, 9.17) is 9.47 Å². The minimum Gasteiger partial charge on any atom is -0.445 e. The molecule has 6 nitrogen and oxygen atoms in total. The number of carbonyl (C=O) groups excluding carboxylic acids is 2. The van der Waals surface area contributed by atoms with Crippen LogP contribution in [0.1, 0.15) is 36.8 Å². The lowest BCUT2D eigenvalue weighted by Gasteiger charge is -2.38. The van der Waals surface area contributed by atoms with Gasteiger partial charge in [0.1, 0.15) is 13.2 Å². The van der Waals surface area contributed by atoms with Crippen molar-refractivity contribution < 1.29 is 19.1 Å². The maximum atomic E-state index is 12.6. The molecular weight excluding hydrogens is 368 g/mol. The van der Waals surface area contributed by atoms with E-state index in [0.717, 1.165) is 36.8 Å². The van der Waals surface area contributed by atoms with E-state index >= 15 is 0 Å². The largest absolute Gasteiger partial charge is 0.445 e. The lowest BCUT2D eigenvalue weighted by atomic mass is 9.98. The van der Waals surface area contributed by atoms with Gasteiger partial charge in [-0.1, -0.05) is 60.7 Å². The van der Waals surface area contributed by atoms with Gasteiger partial charge in [0.05, 0.1) is 0 Å². The van der Waals surface area contributed by atoms with Crippen LogP contribution in [0.5, 0.6) is 0 Å². The molecular formula is C23H26N2O4. The summed E-state index contributed by atoms with van der Waals surface area (Å²) in [6.45, 7) is 0.535. The van der Waals surface area contributed by atoms with Crippen LogP contribution < -0.4 is 5.32 Å². The molecule has 2 heterocycles. The van der Waals surface area contributed by atoms with Gasteiger partial charge in [-0.25, -0.2) is 9.59 Å². The number of hydrogen-bond acceptors (Lipinski definition) is 4. The number of nitrogens with zero attached hydrogens (tertiary/aromatic N) is 1. The zero-order valence-corrected chi connectivity index (χ0v) is 16.3. The average Bonchev–Trinajstić information content (AvgIpc) is 3.02. The molecule has 2 aliphatic rings.